The summed E-state index contributed by atoms with van der Waals surface area (Å²) in [5, 5.41) is 29.0. The minimum absolute atomic E-state index is 0.415. The summed E-state index contributed by atoms with van der Waals surface area (Å²) in [5.74, 6) is 2.63. The molecule has 2 fully saturated rings. The SMILES string of the molecule is N#C/C(c1nc2ccccc2s1)=c1\c2c(-c3ccc(OCC4CCCCC4)cc3)n(B(c3ccccc3)c3ccccc3)/c(=C(/C#N)c3nc4ccccc4s3)c2c(-c2ccc(OCC3CCCCC3)cc2)n1B(c1ccccc1)c1ccccc1. The Labute approximate surface area is 510 Å². The van der Waals surface area contributed by atoms with Gasteiger partial charge in [-0.25, -0.2) is 9.97 Å². The lowest BCUT2D eigenvalue weighted by molar-refractivity contribution is 0.209. The van der Waals surface area contributed by atoms with Crippen molar-refractivity contribution in [3.63, 3.8) is 0 Å². The van der Waals surface area contributed by atoms with E-state index in [1.54, 1.807) is 0 Å². The van der Waals surface area contributed by atoms with Gasteiger partial charge in [0.25, 0.3) is 0 Å². The average molecular weight is 1150 g/mol. The van der Waals surface area contributed by atoms with Crippen LogP contribution in [0.4, 0.5) is 0 Å². The van der Waals surface area contributed by atoms with Crippen molar-refractivity contribution in [3.05, 3.63) is 239 Å². The van der Waals surface area contributed by atoms with Crippen LogP contribution >= 0.6 is 22.7 Å². The molecular formula is C74H62B2N6O2S2. The lowest BCUT2D eigenvalue weighted by atomic mass is 9.50. The van der Waals surface area contributed by atoms with Crippen LogP contribution in [0.15, 0.2) is 218 Å². The molecule has 86 heavy (non-hydrogen) atoms. The number of fused-ring (bicyclic) bond motifs is 3. The summed E-state index contributed by atoms with van der Waals surface area (Å²) in [5.41, 5.74) is 9.97. The highest BCUT2D eigenvalue weighted by atomic mass is 32.1. The predicted octanol–water partition coefficient (Wildman–Crippen LogP) is 13.7. The molecule has 4 aromatic heterocycles. The minimum Gasteiger partial charge on any atom is -0.493 e. The summed E-state index contributed by atoms with van der Waals surface area (Å²) < 4.78 is 20.2. The quantitative estimate of drug-likeness (QED) is 0.0893. The van der Waals surface area contributed by atoms with Crippen LogP contribution in [0, 0.1) is 34.5 Å². The third kappa shape index (κ3) is 10.7. The Balaban J connectivity index is 1.21. The van der Waals surface area contributed by atoms with Crippen molar-refractivity contribution in [1.82, 2.24) is 18.9 Å². The zero-order valence-electron chi connectivity index (χ0n) is 47.9. The van der Waals surface area contributed by atoms with Crippen LogP contribution in [0.2, 0.25) is 0 Å². The lowest BCUT2D eigenvalue weighted by Crippen LogP contribution is -2.54. The highest BCUT2D eigenvalue weighted by Crippen LogP contribution is 2.39. The molecule has 12 aromatic rings. The molecule has 8 nitrogen and oxygen atoms in total. The van der Waals surface area contributed by atoms with E-state index in [4.69, 9.17) is 19.4 Å². The molecule has 0 N–H and O–H groups in total. The fraction of sp³-hybridized carbons (Fsp3) is 0.189. The monoisotopic (exact) mass is 1150 g/mol. The summed E-state index contributed by atoms with van der Waals surface area (Å²) in [4.78, 5) is 10.7. The predicted molar refractivity (Wildman–Crippen MR) is 356 cm³/mol. The summed E-state index contributed by atoms with van der Waals surface area (Å²) in [6.07, 6.45) is 12.2. The van der Waals surface area contributed by atoms with Gasteiger partial charge < -0.3 is 18.4 Å². The maximum Gasteiger partial charge on any atom is 0.328 e. The van der Waals surface area contributed by atoms with E-state index in [0.29, 0.717) is 56.9 Å². The molecule has 0 bridgehead atoms. The number of aromatic nitrogens is 4. The van der Waals surface area contributed by atoms with Gasteiger partial charge in [-0.2, -0.15) is 10.5 Å². The molecule has 2 saturated carbocycles. The number of ether oxygens (including phenoxy) is 2. The first kappa shape index (κ1) is 54.7. The number of nitrogens with zero attached hydrogens (tertiary/aromatic N) is 6. The highest BCUT2D eigenvalue weighted by Gasteiger charge is 2.38. The molecule has 14 rings (SSSR count). The number of para-hydroxylation sites is 2. The van der Waals surface area contributed by atoms with E-state index < -0.39 is 13.7 Å². The standard InChI is InChI=1S/C74H62B2N6O2S2/c77-47-61(73-79-63-35-19-21-37-65(63)85-73)71-67-68(70(54-41-45-60(46-42-54)84-50-52-25-9-2-10-26-52)82(71)76(57-31-15-5-16-32-57)58-33-17-6-18-34-58)72(62(48-78)74-80-64-36-20-22-38-66(64)86-74)81(75(55-27-11-3-12-28-55)56-29-13-4-14-30-56)69(67)53-39-43-59(44-40-53)83-49-51-23-7-1-8-24-51/h3-6,11-22,27-46,51-52H,1-2,7-10,23-26,49-50H2/b71-61-,72-62-. The Bertz CT molecular complexity index is 4140. The second kappa shape index (κ2) is 24.8. The molecule has 0 amide bonds. The molecule has 0 radical (unpaired) electrons. The molecule has 0 spiro atoms. The molecule has 2 aliphatic carbocycles. The molecule has 418 valence electrons. The molecule has 4 heterocycles. The van der Waals surface area contributed by atoms with E-state index in [0.717, 1.165) is 87.1 Å². The van der Waals surface area contributed by atoms with Crippen molar-refractivity contribution in [2.75, 3.05) is 13.2 Å². The number of hydrogen-bond acceptors (Lipinski definition) is 8. The van der Waals surface area contributed by atoms with E-state index in [1.165, 1.54) is 86.9 Å². The Hall–Kier alpha value is -9.19. The number of benzene rings is 8. The van der Waals surface area contributed by atoms with E-state index in [1.807, 2.05) is 36.4 Å². The van der Waals surface area contributed by atoms with Crippen LogP contribution in [-0.4, -0.2) is 45.8 Å². The fourth-order valence-corrected chi connectivity index (χ4v) is 15.3. The second-order valence-electron chi connectivity index (χ2n) is 23.0. The van der Waals surface area contributed by atoms with Crippen molar-refractivity contribution in [2.24, 2.45) is 11.8 Å². The zero-order valence-corrected chi connectivity index (χ0v) is 49.5. The molecule has 0 aliphatic heterocycles. The first-order valence-electron chi connectivity index (χ1n) is 30.3. The summed E-state index contributed by atoms with van der Waals surface area (Å²) in [6.45, 7) is 0.319. The third-order valence-corrected chi connectivity index (χ3v) is 19.6. The Morgan fingerprint density at radius 1 is 0.419 bits per heavy atom. The summed E-state index contributed by atoms with van der Waals surface area (Å²) in [7, 11) is 0. The van der Waals surface area contributed by atoms with Crippen LogP contribution < -0.4 is 42.0 Å². The van der Waals surface area contributed by atoms with E-state index in [9.17, 15) is 10.5 Å². The number of thiazole rings is 2. The molecule has 8 aromatic carbocycles. The van der Waals surface area contributed by atoms with Gasteiger partial charge in [0.05, 0.1) is 44.3 Å². The maximum atomic E-state index is 12.4. The molecule has 0 atom stereocenters. The van der Waals surface area contributed by atoms with E-state index in [-0.39, 0.29) is 0 Å². The topological polar surface area (TPSA) is 102 Å². The molecule has 12 heteroatoms. The minimum atomic E-state index is -0.508. The highest BCUT2D eigenvalue weighted by molar-refractivity contribution is 7.20. The normalized spacial score (nSPS) is 14.6. The van der Waals surface area contributed by atoms with Gasteiger partial charge in [0.15, 0.2) is 0 Å². The van der Waals surface area contributed by atoms with Gasteiger partial charge in [-0.1, -0.05) is 206 Å². The first-order valence-corrected chi connectivity index (χ1v) is 32.0. The molecule has 2 aliphatic rings. The van der Waals surface area contributed by atoms with Gasteiger partial charge in [0.1, 0.15) is 44.8 Å². The van der Waals surface area contributed by atoms with Crippen molar-refractivity contribution >= 4 is 101 Å². The van der Waals surface area contributed by atoms with Crippen molar-refractivity contribution < 1.29 is 9.47 Å². The number of nitriles is 2. The van der Waals surface area contributed by atoms with Crippen molar-refractivity contribution in [1.29, 1.82) is 10.5 Å². The van der Waals surface area contributed by atoms with Crippen LogP contribution in [0.3, 0.4) is 0 Å². The van der Waals surface area contributed by atoms with E-state index in [2.05, 4.69) is 203 Å². The van der Waals surface area contributed by atoms with Crippen molar-refractivity contribution in [3.8, 4) is 46.2 Å². The number of hydrogen-bond donors (Lipinski definition) is 0. The van der Waals surface area contributed by atoms with Gasteiger partial charge in [0, 0.05) is 22.2 Å². The fourth-order valence-electron chi connectivity index (χ4n) is 13.4. The van der Waals surface area contributed by atoms with Gasteiger partial charge >= 0.3 is 13.7 Å². The largest absolute Gasteiger partial charge is 0.493 e. The van der Waals surface area contributed by atoms with Gasteiger partial charge in [-0.3, -0.25) is 0 Å². The van der Waals surface area contributed by atoms with E-state index >= 15 is 0 Å². The Kier molecular flexibility index (Phi) is 15.8. The Morgan fingerprint density at radius 2 is 0.744 bits per heavy atom. The van der Waals surface area contributed by atoms with Crippen LogP contribution in [0.5, 0.6) is 11.5 Å². The van der Waals surface area contributed by atoms with Crippen LogP contribution in [-0.2, 0) is 0 Å². The Morgan fingerprint density at radius 3 is 1.07 bits per heavy atom. The molecular weight excluding hydrogens is 1090 g/mol. The summed E-state index contributed by atoms with van der Waals surface area (Å²) in [6, 6.07) is 81.6. The van der Waals surface area contributed by atoms with Gasteiger partial charge in [0.2, 0.25) is 0 Å². The van der Waals surface area contributed by atoms with Gasteiger partial charge in [-0.05, 0) is 121 Å². The number of rotatable bonds is 16. The van der Waals surface area contributed by atoms with Crippen LogP contribution in [0.25, 0.3) is 64.9 Å². The summed E-state index contributed by atoms with van der Waals surface area (Å²) >= 11 is 3.04. The molecule has 0 saturated heterocycles. The second-order valence-corrected chi connectivity index (χ2v) is 25.0. The van der Waals surface area contributed by atoms with Gasteiger partial charge in [-0.15, -0.1) is 22.7 Å². The third-order valence-electron chi connectivity index (χ3n) is 17.5. The smallest absolute Gasteiger partial charge is 0.328 e. The lowest BCUT2D eigenvalue weighted by Gasteiger charge is -2.24. The van der Waals surface area contributed by atoms with Crippen molar-refractivity contribution in [2.45, 2.75) is 64.2 Å². The first-order chi connectivity index (χ1) is 42.6. The molecule has 0 unspecified atom stereocenters. The maximum absolute atomic E-state index is 12.4. The zero-order chi connectivity index (χ0) is 57.8. The van der Waals surface area contributed by atoms with Crippen LogP contribution in [0.1, 0.15) is 74.2 Å². The average Bonchev–Trinajstić information content (AvgIpc) is 1.57.